The second kappa shape index (κ2) is 6.00. The van der Waals surface area contributed by atoms with Gasteiger partial charge in [0.15, 0.2) is 0 Å². The lowest BCUT2D eigenvalue weighted by Crippen LogP contribution is -3.06. The average molecular weight is 398 g/mol. The van der Waals surface area contributed by atoms with Crippen LogP contribution in [0.15, 0.2) is 59.1 Å². The predicted molar refractivity (Wildman–Crippen MR) is 109 cm³/mol. The first-order valence-corrected chi connectivity index (χ1v) is 9.90. The van der Waals surface area contributed by atoms with Crippen molar-refractivity contribution in [3.63, 3.8) is 0 Å². The number of para-hydroxylation sites is 1. The molecule has 0 aliphatic carbocycles. The summed E-state index contributed by atoms with van der Waals surface area (Å²) in [5.74, 6) is 0.691. The van der Waals surface area contributed by atoms with E-state index in [0.29, 0.717) is 5.92 Å². The van der Waals surface area contributed by atoms with Crippen LogP contribution in [0.1, 0.15) is 31.9 Å². The molecule has 1 fully saturated rings. The fourth-order valence-electron chi connectivity index (χ4n) is 4.54. The standard InChI is InChI=1S/C22H25BrN2/c1-16-14-24-22(13-12-17-8-10-18(23)11-9-17)21(2,3)19-6-4-5-7-20(19)25(22)15-16/h4-13,16,24H,14-15H2,1-3H3/p+1/b13-12+/t16-,22-/m1/s1. The fourth-order valence-corrected chi connectivity index (χ4v) is 4.80. The minimum atomic E-state index is -0.0593. The molecule has 0 unspecified atom stereocenters. The summed E-state index contributed by atoms with van der Waals surface area (Å²) in [7, 11) is 0. The van der Waals surface area contributed by atoms with Crippen molar-refractivity contribution in [2.24, 2.45) is 5.92 Å². The lowest BCUT2D eigenvalue weighted by Gasteiger charge is -2.47. The zero-order chi connectivity index (χ0) is 17.7. The number of hydrogen-bond donors (Lipinski definition) is 1. The Bertz CT molecular complexity index is 809. The van der Waals surface area contributed by atoms with Gasteiger partial charge in [0.25, 0.3) is 0 Å². The van der Waals surface area contributed by atoms with E-state index in [9.17, 15) is 0 Å². The summed E-state index contributed by atoms with van der Waals surface area (Å²) < 4.78 is 1.12. The van der Waals surface area contributed by atoms with E-state index in [-0.39, 0.29) is 11.1 Å². The summed E-state index contributed by atoms with van der Waals surface area (Å²) in [5.41, 5.74) is 4.10. The second-order valence-corrected chi connectivity index (χ2v) is 8.92. The largest absolute Gasteiger partial charge is 0.320 e. The Morgan fingerprint density at radius 3 is 2.60 bits per heavy atom. The molecular formula is C22H26BrN2+. The van der Waals surface area contributed by atoms with Gasteiger partial charge in [0.2, 0.25) is 5.66 Å². The van der Waals surface area contributed by atoms with E-state index < -0.39 is 0 Å². The van der Waals surface area contributed by atoms with Crippen LogP contribution in [0.2, 0.25) is 0 Å². The Kier molecular flexibility index (Phi) is 4.04. The number of fused-ring (bicyclic) bond motifs is 3. The molecule has 130 valence electrons. The number of rotatable bonds is 2. The monoisotopic (exact) mass is 397 g/mol. The summed E-state index contributed by atoms with van der Waals surface area (Å²) in [5, 5.41) is 2.55. The highest BCUT2D eigenvalue weighted by Gasteiger charge is 2.60. The molecule has 2 aromatic carbocycles. The van der Waals surface area contributed by atoms with E-state index in [4.69, 9.17) is 0 Å². The highest BCUT2D eigenvalue weighted by molar-refractivity contribution is 9.10. The van der Waals surface area contributed by atoms with Gasteiger partial charge >= 0.3 is 0 Å². The Hall–Kier alpha value is -1.58. The molecule has 2 N–H and O–H groups in total. The van der Waals surface area contributed by atoms with Crippen LogP contribution in [-0.2, 0) is 5.41 Å². The molecular weight excluding hydrogens is 372 g/mol. The number of benzene rings is 2. The van der Waals surface area contributed by atoms with Crippen molar-refractivity contribution in [3.05, 3.63) is 70.2 Å². The third-order valence-electron chi connectivity index (χ3n) is 6.04. The maximum absolute atomic E-state index is 3.52. The molecule has 1 saturated heterocycles. The molecule has 25 heavy (non-hydrogen) atoms. The van der Waals surface area contributed by atoms with Crippen LogP contribution < -0.4 is 10.2 Å². The Balaban J connectivity index is 1.81. The molecule has 0 radical (unpaired) electrons. The molecule has 0 saturated carbocycles. The first-order chi connectivity index (χ1) is 11.9. The molecule has 2 aliphatic heterocycles. The molecule has 3 heteroatoms. The summed E-state index contributed by atoms with van der Waals surface area (Å²) >= 11 is 3.52. The normalized spacial score (nSPS) is 27.4. The topological polar surface area (TPSA) is 19.9 Å². The molecule has 2 heterocycles. The number of hydrogen-bond acceptors (Lipinski definition) is 1. The second-order valence-electron chi connectivity index (χ2n) is 8.01. The van der Waals surface area contributed by atoms with Gasteiger partial charge in [0.1, 0.15) is 0 Å². The van der Waals surface area contributed by atoms with E-state index in [1.807, 2.05) is 0 Å². The maximum atomic E-state index is 3.52. The van der Waals surface area contributed by atoms with Gasteiger partial charge in [-0.3, -0.25) is 0 Å². The number of halogens is 1. The highest BCUT2D eigenvalue weighted by atomic mass is 79.9. The zero-order valence-corrected chi connectivity index (χ0v) is 16.8. The van der Waals surface area contributed by atoms with Crippen molar-refractivity contribution in [2.75, 3.05) is 18.0 Å². The molecule has 4 rings (SSSR count). The predicted octanol–water partition coefficient (Wildman–Crippen LogP) is 4.17. The number of quaternary nitrogens is 1. The molecule has 2 aromatic rings. The minimum Gasteiger partial charge on any atom is -0.320 e. The quantitative estimate of drug-likeness (QED) is 0.805. The van der Waals surface area contributed by atoms with Crippen LogP contribution in [0.4, 0.5) is 5.69 Å². The highest BCUT2D eigenvalue weighted by Crippen LogP contribution is 2.50. The van der Waals surface area contributed by atoms with E-state index in [2.05, 4.69) is 108 Å². The SMILES string of the molecule is C[C@@H]1C[NH2+][C@]2(/C=C/c3ccc(Br)cc3)N(C1)c1ccccc1C2(C)C. The van der Waals surface area contributed by atoms with Gasteiger partial charge in [-0.15, -0.1) is 0 Å². The van der Waals surface area contributed by atoms with Gasteiger partial charge < -0.3 is 10.2 Å². The number of nitrogens with zero attached hydrogens (tertiary/aromatic N) is 1. The van der Waals surface area contributed by atoms with Crippen LogP contribution >= 0.6 is 15.9 Å². The van der Waals surface area contributed by atoms with Gasteiger partial charge in [-0.05, 0) is 49.2 Å². The summed E-state index contributed by atoms with van der Waals surface area (Å²) in [6.07, 6.45) is 4.72. The summed E-state index contributed by atoms with van der Waals surface area (Å²) in [6, 6.07) is 17.5. The van der Waals surface area contributed by atoms with E-state index in [0.717, 1.165) is 11.0 Å². The molecule has 0 bridgehead atoms. The molecule has 2 nitrogen and oxygen atoms in total. The van der Waals surface area contributed by atoms with Gasteiger partial charge in [-0.25, -0.2) is 0 Å². The van der Waals surface area contributed by atoms with E-state index in [1.54, 1.807) is 0 Å². The fraction of sp³-hybridized carbons (Fsp3) is 0.364. The van der Waals surface area contributed by atoms with Crippen molar-refractivity contribution in [3.8, 4) is 0 Å². The molecule has 0 spiro atoms. The summed E-state index contributed by atoms with van der Waals surface area (Å²) in [4.78, 5) is 2.63. The molecule has 0 amide bonds. The first-order valence-electron chi connectivity index (χ1n) is 9.10. The minimum absolute atomic E-state index is 0.0512. The lowest BCUT2D eigenvalue weighted by atomic mass is 9.74. The summed E-state index contributed by atoms with van der Waals surface area (Å²) in [6.45, 7) is 9.42. The van der Waals surface area contributed by atoms with Crippen LogP contribution in [0.25, 0.3) is 6.08 Å². The van der Waals surface area contributed by atoms with Crippen LogP contribution in [0.5, 0.6) is 0 Å². The third-order valence-corrected chi connectivity index (χ3v) is 6.57. The Morgan fingerprint density at radius 1 is 1.12 bits per heavy atom. The maximum Gasteiger partial charge on any atom is 0.200 e. The Labute approximate surface area is 159 Å². The zero-order valence-electron chi connectivity index (χ0n) is 15.2. The van der Waals surface area contributed by atoms with Crippen molar-refractivity contribution < 1.29 is 5.32 Å². The van der Waals surface area contributed by atoms with Crippen LogP contribution in [-0.4, -0.2) is 18.8 Å². The average Bonchev–Trinajstić information content (AvgIpc) is 2.80. The lowest BCUT2D eigenvalue weighted by molar-refractivity contribution is -0.733. The first kappa shape index (κ1) is 16.9. The number of nitrogens with two attached hydrogens (primary N) is 1. The Morgan fingerprint density at radius 2 is 1.84 bits per heavy atom. The van der Waals surface area contributed by atoms with Crippen molar-refractivity contribution in [1.29, 1.82) is 0 Å². The molecule has 2 atom stereocenters. The van der Waals surface area contributed by atoms with Crippen molar-refractivity contribution >= 4 is 27.7 Å². The smallest absolute Gasteiger partial charge is 0.200 e. The third kappa shape index (κ3) is 2.56. The van der Waals surface area contributed by atoms with E-state index in [1.165, 1.54) is 23.4 Å². The number of anilines is 1. The van der Waals surface area contributed by atoms with Crippen LogP contribution in [0.3, 0.4) is 0 Å². The molecule has 0 aromatic heterocycles. The van der Waals surface area contributed by atoms with Gasteiger partial charge in [-0.1, -0.05) is 59.3 Å². The van der Waals surface area contributed by atoms with Crippen molar-refractivity contribution in [2.45, 2.75) is 31.8 Å². The van der Waals surface area contributed by atoms with Gasteiger partial charge in [0, 0.05) is 22.6 Å². The van der Waals surface area contributed by atoms with Crippen LogP contribution in [0, 0.1) is 5.92 Å². The van der Waals surface area contributed by atoms with Crippen molar-refractivity contribution in [1.82, 2.24) is 0 Å². The van der Waals surface area contributed by atoms with Gasteiger partial charge in [-0.2, -0.15) is 0 Å². The van der Waals surface area contributed by atoms with E-state index >= 15 is 0 Å². The van der Waals surface area contributed by atoms with Gasteiger partial charge in [0.05, 0.1) is 12.0 Å². The molecule has 2 aliphatic rings.